The first-order chi connectivity index (χ1) is 9.15. The van der Waals surface area contributed by atoms with Crippen LogP contribution in [0, 0.1) is 12.3 Å². The highest BCUT2D eigenvalue weighted by molar-refractivity contribution is 7.09. The van der Waals surface area contributed by atoms with E-state index in [4.69, 9.17) is 4.74 Å². The Bertz CT molecular complexity index is 382. The van der Waals surface area contributed by atoms with Crippen molar-refractivity contribution in [2.24, 2.45) is 5.41 Å². The van der Waals surface area contributed by atoms with E-state index in [9.17, 15) is 0 Å². The molecule has 1 saturated heterocycles. The van der Waals surface area contributed by atoms with E-state index in [-0.39, 0.29) is 5.41 Å². The third-order valence-electron chi connectivity index (χ3n) is 3.91. The first-order valence-corrected chi connectivity index (χ1v) is 7.88. The number of aryl methyl sites for hydroxylation is 1. The summed E-state index contributed by atoms with van der Waals surface area (Å²) >= 11 is 1.74. The molecule has 1 aliphatic heterocycles. The lowest BCUT2D eigenvalue weighted by Crippen LogP contribution is -2.46. The molecule has 2 heterocycles. The molecule has 1 atom stereocenters. The van der Waals surface area contributed by atoms with Crippen LogP contribution in [0.5, 0.6) is 0 Å². The molecule has 1 aromatic rings. The van der Waals surface area contributed by atoms with Crippen LogP contribution in [-0.2, 0) is 4.74 Å². The number of rotatable bonds is 6. The molecule has 1 unspecified atom stereocenters. The van der Waals surface area contributed by atoms with Gasteiger partial charge in [-0.15, -0.1) is 11.3 Å². The zero-order valence-corrected chi connectivity index (χ0v) is 13.0. The minimum Gasteiger partial charge on any atom is -0.384 e. The Labute approximate surface area is 120 Å². The second-order valence-electron chi connectivity index (χ2n) is 5.61. The summed E-state index contributed by atoms with van der Waals surface area (Å²) < 4.78 is 5.45. The largest absolute Gasteiger partial charge is 0.384 e. The number of aromatic nitrogens is 1. The van der Waals surface area contributed by atoms with Crippen molar-refractivity contribution in [1.29, 1.82) is 0 Å². The molecule has 0 spiro atoms. The molecule has 0 aromatic carbocycles. The third kappa shape index (κ3) is 3.99. The lowest BCUT2D eigenvalue weighted by Gasteiger charge is -2.38. The molecule has 1 fully saturated rings. The van der Waals surface area contributed by atoms with Crippen LogP contribution in [0.3, 0.4) is 0 Å². The Kier molecular flexibility index (Phi) is 5.33. The zero-order chi connectivity index (χ0) is 13.7. The summed E-state index contributed by atoms with van der Waals surface area (Å²) in [4.78, 5) is 4.56. The minimum absolute atomic E-state index is 0.278. The van der Waals surface area contributed by atoms with E-state index in [1.807, 2.05) is 6.92 Å². The van der Waals surface area contributed by atoms with E-state index in [1.165, 1.54) is 17.8 Å². The smallest absolute Gasteiger partial charge is 0.110 e. The Morgan fingerprint density at radius 3 is 2.84 bits per heavy atom. The average molecular weight is 283 g/mol. The topological polar surface area (TPSA) is 46.2 Å². The molecular formula is C14H25N3OS. The molecule has 4 nitrogen and oxygen atoms in total. The maximum Gasteiger partial charge on any atom is 0.110 e. The van der Waals surface area contributed by atoms with Crippen LogP contribution in [0.4, 0.5) is 0 Å². The van der Waals surface area contributed by atoms with Crippen molar-refractivity contribution in [1.82, 2.24) is 15.6 Å². The Morgan fingerprint density at radius 2 is 2.26 bits per heavy atom. The number of piperidine rings is 1. The van der Waals surface area contributed by atoms with Crippen LogP contribution < -0.4 is 10.6 Å². The molecule has 2 rings (SSSR count). The maximum atomic E-state index is 5.45. The molecule has 19 heavy (non-hydrogen) atoms. The molecule has 1 aliphatic rings. The monoisotopic (exact) mass is 283 g/mol. The summed E-state index contributed by atoms with van der Waals surface area (Å²) in [6.45, 7) is 8.27. The van der Waals surface area contributed by atoms with Crippen LogP contribution >= 0.6 is 11.3 Å². The van der Waals surface area contributed by atoms with E-state index < -0.39 is 0 Å². The molecular weight excluding hydrogens is 258 g/mol. The Balaban J connectivity index is 1.91. The SMILES string of the molecule is COCC1(CNC(C)c2nc(C)cs2)CCNCC1. The number of ether oxygens (including phenoxy) is 1. The fraction of sp³-hybridized carbons (Fsp3) is 0.786. The highest BCUT2D eigenvalue weighted by Crippen LogP contribution is 2.29. The summed E-state index contributed by atoms with van der Waals surface area (Å²) in [6.07, 6.45) is 2.36. The van der Waals surface area contributed by atoms with Gasteiger partial charge in [0.15, 0.2) is 0 Å². The molecule has 5 heteroatoms. The van der Waals surface area contributed by atoms with E-state index in [2.05, 4.69) is 27.9 Å². The fourth-order valence-electron chi connectivity index (χ4n) is 2.66. The molecule has 0 bridgehead atoms. The normalized spacial score (nSPS) is 20.4. The van der Waals surface area contributed by atoms with Crippen molar-refractivity contribution in [3.8, 4) is 0 Å². The van der Waals surface area contributed by atoms with Crippen molar-refractivity contribution >= 4 is 11.3 Å². The molecule has 1 aromatic heterocycles. The van der Waals surface area contributed by atoms with Crippen LogP contribution in [-0.4, -0.2) is 38.3 Å². The van der Waals surface area contributed by atoms with Gasteiger partial charge in [-0.05, 0) is 39.8 Å². The first kappa shape index (κ1) is 14.9. The molecule has 0 amide bonds. The first-order valence-electron chi connectivity index (χ1n) is 7.00. The molecule has 0 saturated carbocycles. The van der Waals surface area contributed by atoms with Crippen LogP contribution in [0.2, 0.25) is 0 Å². The number of thiazole rings is 1. The standard InChI is InChI=1S/C14H25N3OS/c1-11-8-19-13(17-11)12(2)16-9-14(10-18-3)4-6-15-7-5-14/h8,12,15-16H,4-7,9-10H2,1-3H3. The second kappa shape index (κ2) is 6.79. The van der Waals surface area contributed by atoms with Crippen molar-refractivity contribution in [2.45, 2.75) is 32.7 Å². The number of methoxy groups -OCH3 is 1. The second-order valence-corrected chi connectivity index (χ2v) is 6.50. The predicted molar refractivity (Wildman–Crippen MR) is 79.7 cm³/mol. The number of nitrogens with one attached hydrogen (secondary N) is 2. The van der Waals surface area contributed by atoms with Crippen LogP contribution in [0.1, 0.15) is 36.5 Å². The van der Waals surface area contributed by atoms with Gasteiger partial charge < -0.3 is 15.4 Å². The van der Waals surface area contributed by atoms with Crippen molar-refractivity contribution < 1.29 is 4.74 Å². The van der Waals surface area contributed by atoms with Crippen molar-refractivity contribution in [3.05, 3.63) is 16.1 Å². The van der Waals surface area contributed by atoms with Crippen molar-refractivity contribution in [2.75, 3.05) is 33.4 Å². The Hall–Kier alpha value is -0.490. The maximum absolute atomic E-state index is 5.45. The van der Waals surface area contributed by atoms with E-state index >= 15 is 0 Å². The van der Waals surface area contributed by atoms with E-state index in [1.54, 1.807) is 18.4 Å². The summed E-state index contributed by atoms with van der Waals surface area (Å²) in [5, 5.41) is 10.4. The van der Waals surface area contributed by atoms with Crippen LogP contribution in [0.25, 0.3) is 0 Å². The third-order valence-corrected chi connectivity index (χ3v) is 5.05. The fourth-order valence-corrected chi connectivity index (χ4v) is 3.49. The molecule has 2 N–H and O–H groups in total. The zero-order valence-electron chi connectivity index (χ0n) is 12.2. The summed E-state index contributed by atoms with van der Waals surface area (Å²) in [6, 6.07) is 0.322. The summed E-state index contributed by atoms with van der Waals surface area (Å²) in [5.41, 5.74) is 1.39. The molecule has 108 valence electrons. The number of hydrogen-bond donors (Lipinski definition) is 2. The van der Waals surface area contributed by atoms with Gasteiger partial charge in [0.25, 0.3) is 0 Å². The number of nitrogens with zero attached hydrogens (tertiary/aromatic N) is 1. The summed E-state index contributed by atoms with van der Waals surface area (Å²) in [5.74, 6) is 0. The van der Waals surface area contributed by atoms with Gasteiger partial charge in [0.1, 0.15) is 5.01 Å². The highest BCUT2D eigenvalue weighted by atomic mass is 32.1. The van der Waals surface area contributed by atoms with Gasteiger partial charge >= 0.3 is 0 Å². The highest BCUT2D eigenvalue weighted by Gasteiger charge is 2.32. The van der Waals surface area contributed by atoms with Gasteiger partial charge in [-0.3, -0.25) is 0 Å². The quantitative estimate of drug-likeness (QED) is 0.839. The van der Waals surface area contributed by atoms with Crippen LogP contribution in [0.15, 0.2) is 5.38 Å². The van der Waals surface area contributed by atoms with E-state index in [0.29, 0.717) is 6.04 Å². The predicted octanol–water partition coefficient (Wildman–Crippen LogP) is 2.12. The summed E-state index contributed by atoms with van der Waals surface area (Å²) in [7, 11) is 1.80. The number of hydrogen-bond acceptors (Lipinski definition) is 5. The average Bonchev–Trinajstić information content (AvgIpc) is 2.84. The lowest BCUT2D eigenvalue weighted by atomic mass is 9.79. The van der Waals surface area contributed by atoms with Crippen molar-refractivity contribution in [3.63, 3.8) is 0 Å². The minimum atomic E-state index is 0.278. The van der Waals surface area contributed by atoms with Gasteiger partial charge in [-0.25, -0.2) is 4.98 Å². The Morgan fingerprint density at radius 1 is 1.53 bits per heavy atom. The molecule has 0 radical (unpaired) electrons. The molecule has 0 aliphatic carbocycles. The van der Waals surface area contributed by atoms with E-state index in [0.717, 1.165) is 31.9 Å². The van der Waals surface area contributed by atoms with Gasteiger partial charge in [-0.2, -0.15) is 0 Å². The van der Waals surface area contributed by atoms with Gasteiger partial charge in [-0.1, -0.05) is 0 Å². The lowest BCUT2D eigenvalue weighted by molar-refractivity contribution is 0.0518. The van der Waals surface area contributed by atoms with Gasteiger partial charge in [0.05, 0.1) is 12.6 Å². The van der Waals surface area contributed by atoms with Gasteiger partial charge in [0, 0.05) is 30.1 Å². The van der Waals surface area contributed by atoms with Gasteiger partial charge in [0.2, 0.25) is 0 Å².